The average Bonchev–Trinajstić information content (AvgIpc) is 3.41. The first-order valence-corrected chi connectivity index (χ1v) is 12.5. The molecule has 4 aromatic rings. The van der Waals surface area contributed by atoms with Crippen LogP contribution in [0.25, 0.3) is 22.2 Å². The zero-order valence-electron chi connectivity index (χ0n) is 21.8. The Hall–Kier alpha value is -4.71. The summed E-state index contributed by atoms with van der Waals surface area (Å²) in [6.07, 6.45) is 4.79. The van der Waals surface area contributed by atoms with E-state index in [1.807, 2.05) is 12.3 Å². The number of carbonyl (C=O) groups is 2. The molecule has 5 rings (SSSR count). The second kappa shape index (κ2) is 11.4. The van der Waals surface area contributed by atoms with Crippen molar-refractivity contribution in [3.63, 3.8) is 0 Å². The summed E-state index contributed by atoms with van der Waals surface area (Å²) >= 11 is 0. The first kappa shape index (κ1) is 25.9. The SMILES string of the molecule is CNC(=O)c1ccc(Nc2nc(OC3CCOCC3)c3c(-c4ccnc(C(=O)NC)c4)c[nH]c3n2)c(OC)c1. The standard InChI is InChI=1S/C27H29N7O5/c1-28-24(35)16-4-5-19(21(13-16)37-3)32-27-33-23-22(26(34-27)39-17-7-10-38-11-8-17)18(14-31-23)15-6-9-30-20(12-15)25(36)29-2/h4-6,9,12-14,17H,7-8,10-11H2,1-3H3,(H,28,35)(H,29,36)(H2,31,32,33,34). The molecule has 1 aromatic carbocycles. The highest BCUT2D eigenvalue weighted by molar-refractivity contribution is 6.00. The van der Waals surface area contributed by atoms with Gasteiger partial charge in [-0.2, -0.15) is 9.97 Å². The number of aromatic nitrogens is 4. The molecule has 0 bridgehead atoms. The Labute approximate surface area is 224 Å². The lowest BCUT2D eigenvalue weighted by Crippen LogP contribution is -2.26. The van der Waals surface area contributed by atoms with Gasteiger partial charge in [0.15, 0.2) is 0 Å². The molecule has 0 spiro atoms. The molecular weight excluding hydrogens is 502 g/mol. The lowest BCUT2D eigenvalue weighted by molar-refractivity contribution is 0.0244. The molecule has 4 N–H and O–H groups in total. The van der Waals surface area contributed by atoms with Gasteiger partial charge in [0.2, 0.25) is 11.8 Å². The van der Waals surface area contributed by atoms with Crippen LogP contribution in [0.15, 0.2) is 42.7 Å². The Balaban J connectivity index is 1.57. The highest BCUT2D eigenvalue weighted by Crippen LogP contribution is 2.37. The van der Waals surface area contributed by atoms with Crippen molar-refractivity contribution in [1.29, 1.82) is 0 Å². The fourth-order valence-corrected chi connectivity index (χ4v) is 4.37. The van der Waals surface area contributed by atoms with E-state index in [1.165, 1.54) is 7.11 Å². The van der Waals surface area contributed by atoms with Crippen LogP contribution >= 0.6 is 0 Å². The summed E-state index contributed by atoms with van der Waals surface area (Å²) in [5.74, 6) is 0.626. The third kappa shape index (κ3) is 5.46. The van der Waals surface area contributed by atoms with Crippen LogP contribution in [-0.4, -0.2) is 72.3 Å². The fourth-order valence-electron chi connectivity index (χ4n) is 4.37. The van der Waals surface area contributed by atoms with Crippen molar-refractivity contribution in [2.24, 2.45) is 0 Å². The van der Waals surface area contributed by atoms with Crippen molar-refractivity contribution < 1.29 is 23.8 Å². The summed E-state index contributed by atoms with van der Waals surface area (Å²) in [5.41, 5.74) is 3.42. The summed E-state index contributed by atoms with van der Waals surface area (Å²) < 4.78 is 17.4. The van der Waals surface area contributed by atoms with Gasteiger partial charge in [-0.3, -0.25) is 14.6 Å². The van der Waals surface area contributed by atoms with Crippen molar-refractivity contribution in [2.75, 3.05) is 39.7 Å². The van der Waals surface area contributed by atoms with Crippen LogP contribution in [0.5, 0.6) is 11.6 Å². The lowest BCUT2D eigenvalue weighted by atomic mass is 10.1. The molecule has 0 radical (unpaired) electrons. The van der Waals surface area contributed by atoms with Crippen LogP contribution in [0.1, 0.15) is 33.7 Å². The second-order valence-electron chi connectivity index (χ2n) is 8.84. The third-order valence-corrected chi connectivity index (χ3v) is 6.41. The number of rotatable bonds is 8. The van der Waals surface area contributed by atoms with Gasteiger partial charge in [-0.25, -0.2) is 0 Å². The van der Waals surface area contributed by atoms with Crippen molar-refractivity contribution >= 4 is 34.5 Å². The van der Waals surface area contributed by atoms with E-state index in [2.05, 4.69) is 30.9 Å². The number of H-pyrrole nitrogens is 1. The number of ether oxygens (including phenoxy) is 3. The van der Waals surface area contributed by atoms with E-state index in [1.54, 1.807) is 44.6 Å². The normalized spacial score (nSPS) is 13.6. The molecule has 1 aliphatic heterocycles. The van der Waals surface area contributed by atoms with Gasteiger partial charge in [-0.1, -0.05) is 0 Å². The largest absolute Gasteiger partial charge is 0.495 e. The summed E-state index contributed by atoms with van der Waals surface area (Å²) in [6.45, 7) is 1.22. The van der Waals surface area contributed by atoms with E-state index in [-0.39, 0.29) is 23.9 Å². The number of benzene rings is 1. The van der Waals surface area contributed by atoms with E-state index in [0.29, 0.717) is 52.8 Å². The topological polar surface area (TPSA) is 152 Å². The molecule has 202 valence electrons. The first-order chi connectivity index (χ1) is 19.0. The Kier molecular flexibility index (Phi) is 7.55. The van der Waals surface area contributed by atoms with Gasteiger partial charge >= 0.3 is 0 Å². The number of methoxy groups -OCH3 is 1. The maximum atomic E-state index is 12.2. The smallest absolute Gasteiger partial charge is 0.269 e. The minimum absolute atomic E-state index is 0.0762. The van der Waals surface area contributed by atoms with Crippen molar-refractivity contribution in [3.8, 4) is 22.8 Å². The molecule has 0 saturated carbocycles. The fraction of sp³-hybridized carbons (Fsp3) is 0.296. The molecule has 2 amide bonds. The zero-order valence-corrected chi connectivity index (χ0v) is 21.8. The van der Waals surface area contributed by atoms with Crippen molar-refractivity contribution in [2.45, 2.75) is 18.9 Å². The predicted molar refractivity (Wildman–Crippen MR) is 145 cm³/mol. The molecule has 0 aliphatic carbocycles. The molecule has 0 atom stereocenters. The summed E-state index contributed by atoms with van der Waals surface area (Å²) in [4.78, 5) is 41.1. The van der Waals surface area contributed by atoms with Crippen molar-refractivity contribution in [3.05, 3.63) is 54.0 Å². The van der Waals surface area contributed by atoms with Crippen LogP contribution in [0.2, 0.25) is 0 Å². The number of amides is 2. The number of nitrogens with one attached hydrogen (secondary N) is 4. The molecule has 4 heterocycles. The Morgan fingerprint density at radius 2 is 1.85 bits per heavy atom. The molecule has 0 unspecified atom stereocenters. The Bertz CT molecular complexity index is 1510. The van der Waals surface area contributed by atoms with Gasteiger partial charge in [0.05, 0.1) is 31.4 Å². The van der Waals surface area contributed by atoms with E-state index in [0.717, 1.165) is 24.0 Å². The maximum Gasteiger partial charge on any atom is 0.269 e. The van der Waals surface area contributed by atoms with Crippen LogP contribution in [0.3, 0.4) is 0 Å². The number of nitrogens with zero attached hydrogens (tertiary/aromatic N) is 3. The monoisotopic (exact) mass is 531 g/mol. The molecule has 1 aliphatic rings. The second-order valence-corrected chi connectivity index (χ2v) is 8.84. The van der Waals surface area contributed by atoms with Crippen molar-refractivity contribution in [1.82, 2.24) is 30.6 Å². The van der Waals surface area contributed by atoms with Gasteiger partial charge in [0, 0.05) is 50.5 Å². The number of hydrogen-bond acceptors (Lipinski definition) is 9. The molecule has 12 nitrogen and oxygen atoms in total. The quantitative estimate of drug-likeness (QED) is 0.269. The molecule has 1 saturated heterocycles. The molecule has 1 fully saturated rings. The molecule has 39 heavy (non-hydrogen) atoms. The number of aromatic amines is 1. The molecule has 12 heteroatoms. The molecule has 3 aromatic heterocycles. The van der Waals surface area contributed by atoms with E-state index in [4.69, 9.17) is 19.2 Å². The van der Waals surface area contributed by atoms with Crippen LogP contribution in [0.4, 0.5) is 11.6 Å². The number of hydrogen-bond donors (Lipinski definition) is 4. The summed E-state index contributed by atoms with van der Waals surface area (Å²) in [6, 6.07) is 8.58. The first-order valence-electron chi connectivity index (χ1n) is 12.5. The van der Waals surface area contributed by atoms with E-state index >= 15 is 0 Å². The summed E-state index contributed by atoms with van der Waals surface area (Å²) in [7, 11) is 4.66. The molecular formula is C27H29N7O5. The predicted octanol–water partition coefficient (Wildman–Crippen LogP) is 3.05. The van der Waals surface area contributed by atoms with Crippen LogP contribution in [0, 0.1) is 0 Å². The minimum Gasteiger partial charge on any atom is -0.495 e. The number of fused-ring (bicyclic) bond motifs is 1. The minimum atomic E-state index is -0.283. The van der Waals surface area contributed by atoms with E-state index < -0.39 is 0 Å². The van der Waals surface area contributed by atoms with Crippen LogP contribution in [-0.2, 0) is 4.74 Å². The zero-order chi connectivity index (χ0) is 27.4. The number of carbonyl (C=O) groups excluding carboxylic acids is 2. The van der Waals surface area contributed by atoms with Gasteiger partial charge in [0.25, 0.3) is 11.8 Å². The third-order valence-electron chi connectivity index (χ3n) is 6.41. The van der Waals surface area contributed by atoms with Gasteiger partial charge in [-0.15, -0.1) is 0 Å². The van der Waals surface area contributed by atoms with Gasteiger partial charge < -0.3 is 35.1 Å². The Morgan fingerprint density at radius 1 is 1.05 bits per heavy atom. The highest BCUT2D eigenvalue weighted by atomic mass is 16.5. The number of pyridine rings is 1. The van der Waals surface area contributed by atoms with Gasteiger partial charge in [-0.05, 0) is 35.9 Å². The number of anilines is 2. The lowest BCUT2D eigenvalue weighted by Gasteiger charge is -2.23. The highest BCUT2D eigenvalue weighted by Gasteiger charge is 2.23. The summed E-state index contributed by atoms with van der Waals surface area (Å²) in [5, 5.41) is 9.07. The van der Waals surface area contributed by atoms with E-state index in [9.17, 15) is 9.59 Å². The Morgan fingerprint density at radius 3 is 2.59 bits per heavy atom. The maximum absolute atomic E-state index is 12.2. The van der Waals surface area contributed by atoms with Crippen LogP contribution < -0.4 is 25.4 Å². The van der Waals surface area contributed by atoms with Gasteiger partial charge in [0.1, 0.15) is 23.2 Å². The average molecular weight is 532 g/mol.